The molecule has 0 aliphatic carbocycles. The number of fused-ring (bicyclic) bond motifs is 1. The molecular weight excluding hydrogens is 316 g/mol. The van der Waals surface area contributed by atoms with E-state index in [2.05, 4.69) is 5.32 Å². The van der Waals surface area contributed by atoms with Gasteiger partial charge in [-0.25, -0.2) is 0 Å². The standard InChI is InChI=1S/C17H13ClN2O3/c1-20-14(16(22)19-11-6-4-5-10(18)9-11)15(21)12-7-2-3-8-13(12)17(20)23/h2-9,21H,1H3,(H,19,22). The molecule has 2 aromatic carbocycles. The predicted molar refractivity (Wildman–Crippen MR) is 90.3 cm³/mol. The molecule has 116 valence electrons. The van der Waals surface area contributed by atoms with E-state index in [-0.39, 0.29) is 17.0 Å². The molecular formula is C17H13ClN2O3. The lowest BCUT2D eigenvalue weighted by atomic mass is 10.1. The van der Waals surface area contributed by atoms with Crippen molar-refractivity contribution in [1.29, 1.82) is 0 Å². The predicted octanol–water partition coefficient (Wildman–Crippen LogP) is 3.15. The van der Waals surface area contributed by atoms with E-state index in [0.29, 0.717) is 21.5 Å². The third-order valence-corrected chi connectivity index (χ3v) is 3.81. The van der Waals surface area contributed by atoms with Gasteiger partial charge < -0.3 is 15.0 Å². The molecule has 6 heteroatoms. The molecule has 0 saturated heterocycles. The van der Waals surface area contributed by atoms with Gasteiger partial charge in [0.2, 0.25) is 0 Å². The van der Waals surface area contributed by atoms with E-state index in [9.17, 15) is 14.7 Å². The van der Waals surface area contributed by atoms with E-state index >= 15 is 0 Å². The van der Waals surface area contributed by atoms with Gasteiger partial charge in [-0.3, -0.25) is 9.59 Å². The van der Waals surface area contributed by atoms with Crippen molar-refractivity contribution in [3.63, 3.8) is 0 Å². The SMILES string of the molecule is Cn1c(C(=O)Nc2cccc(Cl)c2)c(O)c2ccccc2c1=O. The maximum atomic E-state index is 12.5. The third-order valence-electron chi connectivity index (χ3n) is 3.57. The molecule has 0 spiro atoms. The minimum atomic E-state index is -0.588. The van der Waals surface area contributed by atoms with Gasteiger partial charge in [-0.15, -0.1) is 0 Å². The molecule has 0 unspecified atom stereocenters. The first kappa shape index (κ1) is 15.1. The Bertz CT molecular complexity index is 979. The van der Waals surface area contributed by atoms with Crippen LogP contribution in [0.5, 0.6) is 5.75 Å². The highest BCUT2D eigenvalue weighted by atomic mass is 35.5. The fourth-order valence-electron chi connectivity index (χ4n) is 2.46. The van der Waals surface area contributed by atoms with Gasteiger partial charge in [0.1, 0.15) is 0 Å². The van der Waals surface area contributed by atoms with Crippen LogP contribution in [-0.2, 0) is 7.05 Å². The van der Waals surface area contributed by atoms with Crippen molar-refractivity contribution in [3.05, 3.63) is 69.6 Å². The van der Waals surface area contributed by atoms with Crippen LogP contribution >= 0.6 is 11.6 Å². The van der Waals surface area contributed by atoms with Crippen LogP contribution in [0.25, 0.3) is 10.8 Å². The molecule has 2 N–H and O–H groups in total. The first-order valence-electron chi connectivity index (χ1n) is 6.86. The smallest absolute Gasteiger partial charge is 0.276 e. The minimum absolute atomic E-state index is 0.103. The Hall–Kier alpha value is -2.79. The first-order valence-corrected chi connectivity index (χ1v) is 7.24. The number of nitrogens with zero attached hydrogens (tertiary/aromatic N) is 1. The van der Waals surface area contributed by atoms with Gasteiger partial charge in [-0.05, 0) is 24.3 Å². The van der Waals surface area contributed by atoms with Crippen molar-refractivity contribution < 1.29 is 9.90 Å². The van der Waals surface area contributed by atoms with Gasteiger partial charge in [0.25, 0.3) is 11.5 Å². The van der Waals surface area contributed by atoms with Crippen molar-refractivity contribution in [2.75, 3.05) is 5.32 Å². The summed E-state index contributed by atoms with van der Waals surface area (Å²) in [4.78, 5) is 24.9. The van der Waals surface area contributed by atoms with Crippen molar-refractivity contribution in [2.45, 2.75) is 0 Å². The molecule has 0 bridgehead atoms. The number of benzene rings is 2. The summed E-state index contributed by atoms with van der Waals surface area (Å²) in [6.45, 7) is 0. The van der Waals surface area contributed by atoms with Gasteiger partial charge in [0.05, 0.1) is 5.39 Å². The largest absolute Gasteiger partial charge is 0.505 e. The molecule has 0 fully saturated rings. The number of aromatic hydroxyl groups is 1. The number of anilines is 1. The van der Waals surface area contributed by atoms with Crippen molar-refractivity contribution >= 4 is 34.0 Å². The number of amides is 1. The maximum absolute atomic E-state index is 12.5. The maximum Gasteiger partial charge on any atom is 0.276 e. The van der Waals surface area contributed by atoms with E-state index in [1.165, 1.54) is 7.05 Å². The normalized spacial score (nSPS) is 10.7. The monoisotopic (exact) mass is 328 g/mol. The Morgan fingerprint density at radius 1 is 1.13 bits per heavy atom. The number of pyridine rings is 1. The lowest BCUT2D eigenvalue weighted by Gasteiger charge is -2.13. The average Bonchev–Trinajstić information content (AvgIpc) is 2.53. The van der Waals surface area contributed by atoms with Gasteiger partial charge in [0, 0.05) is 23.1 Å². The molecule has 1 heterocycles. The van der Waals surface area contributed by atoms with E-state index in [0.717, 1.165) is 4.57 Å². The van der Waals surface area contributed by atoms with Crippen molar-refractivity contribution in [1.82, 2.24) is 4.57 Å². The number of halogens is 1. The van der Waals surface area contributed by atoms with E-state index in [1.54, 1.807) is 48.5 Å². The van der Waals surface area contributed by atoms with Crippen LogP contribution in [0.2, 0.25) is 5.02 Å². The molecule has 1 aromatic heterocycles. The molecule has 5 nitrogen and oxygen atoms in total. The van der Waals surface area contributed by atoms with Crippen LogP contribution in [0.4, 0.5) is 5.69 Å². The summed E-state index contributed by atoms with van der Waals surface area (Å²) in [6.07, 6.45) is 0. The quantitative estimate of drug-likeness (QED) is 0.759. The summed E-state index contributed by atoms with van der Waals surface area (Å²) in [5, 5.41) is 14.2. The fourth-order valence-corrected chi connectivity index (χ4v) is 2.65. The van der Waals surface area contributed by atoms with Gasteiger partial charge in [-0.2, -0.15) is 0 Å². The zero-order valence-corrected chi connectivity index (χ0v) is 13.0. The Morgan fingerprint density at radius 2 is 1.83 bits per heavy atom. The molecule has 0 atom stereocenters. The number of carbonyl (C=O) groups excluding carboxylic acids is 1. The summed E-state index contributed by atoms with van der Waals surface area (Å²) >= 11 is 5.88. The van der Waals surface area contributed by atoms with Gasteiger partial charge >= 0.3 is 0 Å². The van der Waals surface area contributed by atoms with Gasteiger partial charge in [0.15, 0.2) is 11.4 Å². The number of rotatable bonds is 2. The van der Waals surface area contributed by atoms with E-state index < -0.39 is 5.91 Å². The summed E-state index contributed by atoms with van der Waals surface area (Å²) in [7, 11) is 1.45. The van der Waals surface area contributed by atoms with Crippen LogP contribution < -0.4 is 10.9 Å². The number of nitrogens with one attached hydrogen (secondary N) is 1. The average molecular weight is 329 g/mol. The molecule has 0 radical (unpaired) electrons. The Morgan fingerprint density at radius 3 is 2.52 bits per heavy atom. The molecule has 23 heavy (non-hydrogen) atoms. The minimum Gasteiger partial charge on any atom is -0.505 e. The van der Waals surface area contributed by atoms with Crippen LogP contribution in [0.1, 0.15) is 10.5 Å². The highest BCUT2D eigenvalue weighted by Gasteiger charge is 2.20. The number of hydrogen-bond acceptors (Lipinski definition) is 3. The highest BCUT2D eigenvalue weighted by Crippen LogP contribution is 2.26. The lowest BCUT2D eigenvalue weighted by Crippen LogP contribution is -2.26. The van der Waals surface area contributed by atoms with Crippen molar-refractivity contribution in [3.8, 4) is 5.75 Å². The van der Waals surface area contributed by atoms with Crippen LogP contribution in [0.3, 0.4) is 0 Å². The lowest BCUT2D eigenvalue weighted by molar-refractivity contribution is 0.101. The topological polar surface area (TPSA) is 71.3 Å². The summed E-state index contributed by atoms with van der Waals surface area (Å²) in [5.41, 5.74) is 0.0193. The summed E-state index contributed by atoms with van der Waals surface area (Å²) in [6, 6.07) is 13.2. The van der Waals surface area contributed by atoms with Crippen LogP contribution in [0.15, 0.2) is 53.3 Å². The Labute approximate surface area is 136 Å². The molecule has 0 saturated carbocycles. The Balaban J connectivity index is 2.12. The summed E-state index contributed by atoms with van der Waals surface area (Å²) < 4.78 is 1.14. The van der Waals surface area contributed by atoms with E-state index in [1.807, 2.05) is 0 Å². The second-order valence-electron chi connectivity index (χ2n) is 5.07. The molecule has 0 aliphatic heterocycles. The Kier molecular flexibility index (Phi) is 3.80. The molecule has 1 amide bonds. The zero-order valence-electron chi connectivity index (χ0n) is 12.2. The molecule has 0 aliphatic rings. The third kappa shape index (κ3) is 2.66. The highest BCUT2D eigenvalue weighted by molar-refractivity contribution is 6.31. The summed E-state index contributed by atoms with van der Waals surface area (Å²) in [5.74, 6) is -0.822. The van der Waals surface area contributed by atoms with Gasteiger partial charge in [-0.1, -0.05) is 35.9 Å². The van der Waals surface area contributed by atoms with Crippen LogP contribution in [0, 0.1) is 0 Å². The van der Waals surface area contributed by atoms with Crippen molar-refractivity contribution in [2.24, 2.45) is 7.05 Å². The van der Waals surface area contributed by atoms with Crippen LogP contribution in [-0.4, -0.2) is 15.6 Å². The number of aromatic nitrogens is 1. The first-order chi connectivity index (χ1) is 11.0. The number of hydrogen-bond donors (Lipinski definition) is 2. The fraction of sp³-hybridized carbons (Fsp3) is 0.0588. The second kappa shape index (κ2) is 5.78. The zero-order chi connectivity index (χ0) is 16.6. The molecule has 3 aromatic rings. The molecule has 3 rings (SSSR count). The van der Waals surface area contributed by atoms with E-state index in [4.69, 9.17) is 11.6 Å². The number of carbonyl (C=O) groups is 1. The second-order valence-corrected chi connectivity index (χ2v) is 5.51.